The standard InChI is InChI=1S/C21H32N6O4/c1-24(2)17-10-8-16(9-11-17)22-21(27(30)31)23-18-7-3-4-14-26(20(18)29)15-19(28)25-12-5-6-13-25/h8-11,18,21-23H,3-7,12-15H2,1-2H3. The molecule has 3 rings (SSSR count). The van der Waals surface area contributed by atoms with E-state index in [2.05, 4.69) is 10.6 Å². The second-order valence-electron chi connectivity index (χ2n) is 8.34. The van der Waals surface area contributed by atoms with Crippen LogP contribution in [0.3, 0.4) is 0 Å². The molecule has 0 bridgehead atoms. The number of anilines is 2. The SMILES string of the molecule is CN(C)c1ccc(NC(NC2CCCCN(CC(=O)N3CCCC3)C2=O)[N+](=O)[O-])cc1. The molecule has 170 valence electrons. The molecule has 10 nitrogen and oxygen atoms in total. The molecule has 0 aromatic heterocycles. The van der Waals surface area contributed by atoms with Crippen LogP contribution in [0.2, 0.25) is 0 Å². The smallest absolute Gasteiger partial charge is 0.344 e. The molecule has 2 amide bonds. The highest BCUT2D eigenvalue weighted by Gasteiger charge is 2.34. The monoisotopic (exact) mass is 432 g/mol. The Bertz CT molecular complexity index is 779. The average Bonchev–Trinajstić information content (AvgIpc) is 3.23. The first-order valence-electron chi connectivity index (χ1n) is 10.8. The van der Waals surface area contributed by atoms with Crippen LogP contribution >= 0.6 is 0 Å². The van der Waals surface area contributed by atoms with Crippen molar-refractivity contribution in [3.63, 3.8) is 0 Å². The Balaban J connectivity index is 1.64. The minimum atomic E-state index is -1.31. The number of benzene rings is 1. The average molecular weight is 433 g/mol. The van der Waals surface area contributed by atoms with E-state index in [-0.39, 0.29) is 18.4 Å². The number of likely N-dealkylation sites (tertiary alicyclic amines) is 2. The summed E-state index contributed by atoms with van der Waals surface area (Å²) in [6, 6.07) is 6.55. The molecule has 2 heterocycles. The predicted molar refractivity (Wildman–Crippen MR) is 118 cm³/mol. The van der Waals surface area contributed by atoms with Crippen molar-refractivity contribution in [1.82, 2.24) is 15.1 Å². The van der Waals surface area contributed by atoms with Crippen LogP contribution in [-0.4, -0.2) is 79.1 Å². The van der Waals surface area contributed by atoms with Crippen molar-refractivity contribution < 1.29 is 14.5 Å². The Morgan fingerprint density at radius 3 is 2.42 bits per heavy atom. The van der Waals surface area contributed by atoms with Crippen molar-refractivity contribution in [2.75, 3.05) is 50.5 Å². The summed E-state index contributed by atoms with van der Waals surface area (Å²) in [6.45, 7) is 2.02. The van der Waals surface area contributed by atoms with Gasteiger partial charge < -0.3 is 20.0 Å². The molecule has 0 saturated carbocycles. The first kappa shape index (κ1) is 22.8. The number of hydrogen-bond acceptors (Lipinski definition) is 7. The van der Waals surface area contributed by atoms with Gasteiger partial charge in [-0.05, 0) is 56.4 Å². The van der Waals surface area contributed by atoms with Crippen molar-refractivity contribution in [3.05, 3.63) is 34.4 Å². The second-order valence-corrected chi connectivity index (χ2v) is 8.34. The summed E-state index contributed by atoms with van der Waals surface area (Å²) in [5, 5.41) is 17.4. The van der Waals surface area contributed by atoms with Crippen molar-refractivity contribution in [3.8, 4) is 0 Å². The van der Waals surface area contributed by atoms with Gasteiger partial charge in [-0.3, -0.25) is 19.7 Å². The van der Waals surface area contributed by atoms with Crippen molar-refractivity contribution in [2.24, 2.45) is 0 Å². The number of hydrogen-bond donors (Lipinski definition) is 2. The van der Waals surface area contributed by atoms with E-state index in [0.717, 1.165) is 44.5 Å². The van der Waals surface area contributed by atoms with Gasteiger partial charge >= 0.3 is 6.29 Å². The highest BCUT2D eigenvalue weighted by atomic mass is 16.6. The van der Waals surface area contributed by atoms with Gasteiger partial charge in [0.1, 0.15) is 0 Å². The van der Waals surface area contributed by atoms with E-state index in [1.54, 1.807) is 21.9 Å². The van der Waals surface area contributed by atoms with E-state index >= 15 is 0 Å². The van der Waals surface area contributed by atoms with Crippen LogP contribution in [0.5, 0.6) is 0 Å². The van der Waals surface area contributed by atoms with Gasteiger partial charge in [0.15, 0.2) is 0 Å². The molecule has 0 radical (unpaired) electrons. The highest BCUT2D eigenvalue weighted by Crippen LogP contribution is 2.18. The molecular formula is C21H32N6O4. The Labute approximate surface area is 182 Å². The number of carbonyl (C=O) groups is 2. The molecule has 2 N–H and O–H groups in total. The number of nitrogens with zero attached hydrogens (tertiary/aromatic N) is 4. The van der Waals surface area contributed by atoms with Gasteiger partial charge in [0.05, 0.1) is 17.5 Å². The third-order valence-electron chi connectivity index (χ3n) is 5.82. The third kappa shape index (κ3) is 6.06. The van der Waals surface area contributed by atoms with Crippen molar-refractivity contribution in [1.29, 1.82) is 0 Å². The van der Waals surface area contributed by atoms with Crippen LogP contribution in [0, 0.1) is 10.1 Å². The van der Waals surface area contributed by atoms with Crippen LogP contribution in [0.25, 0.3) is 0 Å². The van der Waals surface area contributed by atoms with E-state index < -0.39 is 17.3 Å². The number of rotatable bonds is 8. The van der Waals surface area contributed by atoms with Gasteiger partial charge in [0, 0.05) is 45.1 Å². The maximum atomic E-state index is 13.1. The van der Waals surface area contributed by atoms with Crippen molar-refractivity contribution >= 4 is 23.2 Å². The summed E-state index contributed by atoms with van der Waals surface area (Å²) in [4.78, 5) is 42.0. The fourth-order valence-electron chi connectivity index (χ4n) is 4.01. The van der Waals surface area contributed by atoms with Gasteiger partial charge in [0.2, 0.25) is 11.8 Å². The van der Waals surface area contributed by atoms with Crippen LogP contribution in [0.1, 0.15) is 32.1 Å². The van der Waals surface area contributed by atoms with Crippen LogP contribution in [0.4, 0.5) is 11.4 Å². The molecule has 0 spiro atoms. The summed E-state index contributed by atoms with van der Waals surface area (Å²) >= 11 is 0. The first-order valence-corrected chi connectivity index (χ1v) is 10.8. The molecule has 1 aromatic rings. The molecule has 2 aliphatic heterocycles. The zero-order valence-corrected chi connectivity index (χ0v) is 18.2. The molecule has 2 unspecified atom stereocenters. The largest absolute Gasteiger partial charge is 0.378 e. The van der Waals surface area contributed by atoms with Gasteiger partial charge in [-0.1, -0.05) is 0 Å². The fraction of sp³-hybridized carbons (Fsp3) is 0.619. The molecule has 1 aromatic carbocycles. The lowest BCUT2D eigenvalue weighted by atomic mass is 10.1. The molecule has 2 aliphatic rings. The fourth-order valence-corrected chi connectivity index (χ4v) is 4.01. The third-order valence-corrected chi connectivity index (χ3v) is 5.82. The summed E-state index contributed by atoms with van der Waals surface area (Å²) < 4.78 is 0. The quantitative estimate of drug-likeness (QED) is 0.362. The van der Waals surface area contributed by atoms with Crippen molar-refractivity contribution in [2.45, 2.75) is 44.4 Å². The van der Waals surface area contributed by atoms with E-state index in [1.165, 1.54) is 0 Å². The maximum absolute atomic E-state index is 13.1. The summed E-state index contributed by atoms with van der Waals surface area (Å²) in [5.74, 6) is -0.293. The summed E-state index contributed by atoms with van der Waals surface area (Å²) in [7, 11) is 3.84. The van der Waals surface area contributed by atoms with Gasteiger partial charge in [-0.2, -0.15) is 0 Å². The zero-order chi connectivity index (χ0) is 22.4. The van der Waals surface area contributed by atoms with Gasteiger partial charge in [-0.15, -0.1) is 0 Å². The lowest BCUT2D eigenvalue weighted by Crippen LogP contribution is -2.55. The van der Waals surface area contributed by atoms with Crippen LogP contribution < -0.4 is 15.5 Å². The minimum Gasteiger partial charge on any atom is -0.378 e. The number of nitrogens with one attached hydrogen (secondary N) is 2. The van der Waals surface area contributed by atoms with Gasteiger partial charge in [0.25, 0.3) is 0 Å². The zero-order valence-electron chi connectivity index (χ0n) is 18.2. The lowest BCUT2D eigenvalue weighted by molar-refractivity contribution is -0.522. The summed E-state index contributed by atoms with van der Waals surface area (Å²) in [6.07, 6.45) is 2.72. The molecule has 2 atom stereocenters. The lowest BCUT2D eigenvalue weighted by Gasteiger charge is -2.27. The molecule has 0 aliphatic carbocycles. The minimum absolute atomic E-state index is 0.0412. The second kappa shape index (κ2) is 10.4. The Hall–Kier alpha value is -2.88. The Morgan fingerprint density at radius 2 is 1.81 bits per heavy atom. The van der Waals surface area contributed by atoms with Crippen LogP contribution in [-0.2, 0) is 9.59 Å². The van der Waals surface area contributed by atoms with E-state index in [9.17, 15) is 19.7 Å². The number of carbonyl (C=O) groups excluding carboxylic acids is 2. The number of nitro groups is 1. The van der Waals surface area contributed by atoms with Gasteiger partial charge in [-0.25, -0.2) is 5.32 Å². The maximum Gasteiger partial charge on any atom is 0.344 e. The summed E-state index contributed by atoms with van der Waals surface area (Å²) in [5.41, 5.74) is 1.57. The van der Waals surface area contributed by atoms with Crippen LogP contribution in [0.15, 0.2) is 24.3 Å². The van der Waals surface area contributed by atoms with E-state index in [1.807, 2.05) is 31.1 Å². The normalized spacial score (nSPS) is 20.3. The number of amides is 2. The molecule has 2 saturated heterocycles. The van der Waals surface area contributed by atoms with E-state index in [0.29, 0.717) is 18.7 Å². The predicted octanol–water partition coefficient (Wildman–Crippen LogP) is 1.32. The first-order chi connectivity index (χ1) is 14.8. The Kier molecular flexibility index (Phi) is 7.67. The van der Waals surface area contributed by atoms with E-state index in [4.69, 9.17) is 0 Å². The molecular weight excluding hydrogens is 400 g/mol. The molecule has 2 fully saturated rings. The molecule has 31 heavy (non-hydrogen) atoms. The molecule has 10 heteroatoms. The topological polar surface area (TPSA) is 111 Å². The Morgan fingerprint density at radius 1 is 1.16 bits per heavy atom. The highest BCUT2D eigenvalue weighted by molar-refractivity contribution is 5.88.